The van der Waals surface area contributed by atoms with Gasteiger partial charge >= 0.3 is 5.97 Å². The number of esters is 1. The van der Waals surface area contributed by atoms with Gasteiger partial charge in [0, 0.05) is 23.0 Å². The molecule has 3 rings (SSSR count). The van der Waals surface area contributed by atoms with E-state index < -0.39 is 17.9 Å². The molecule has 3 aromatic rings. The fraction of sp³-hybridized carbons (Fsp3) is 0.188. The first-order valence-corrected chi connectivity index (χ1v) is 7.80. The topological polar surface area (TPSA) is 56.5 Å². The molecule has 0 bridgehead atoms. The zero-order chi connectivity index (χ0) is 17.4. The van der Waals surface area contributed by atoms with Crippen molar-refractivity contribution in [2.75, 3.05) is 0 Å². The molecule has 0 saturated carbocycles. The van der Waals surface area contributed by atoms with E-state index in [-0.39, 0.29) is 21.2 Å². The third-order valence-corrected chi connectivity index (χ3v) is 4.26. The Bertz CT molecular complexity index is 942. The zero-order valence-corrected chi connectivity index (χ0v) is 14.3. The molecule has 0 saturated heterocycles. The third-order valence-electron chi connectivity index (χ3n) is 3.54. The van der Waals surface area contributed by atoms with Crippen LogP contribution in [0.3, 0.4) is 0 Å². The number of aromatic nitrogens is 3. The Labute approximate surface area is 147 Å². The lowest BCUT2D eigenvalue weighted by Gasteiger charge is -2.16. The average molecular weight is 368 g/mol. The Hall–Kier alpha value is -2.18. The Kier molecular flexibility index (Phi) is 4.43. The van der Waals surface area contributed by atoms with Gasteiger partial charge in [-0.15, -0.1) is 0 Å². The molecular weight excluding hydrogens is 356 g/mol. The minimum Gasteiger partial charge on any atom is -0.454 e. The zero-order valence-electron chi connectivity index (χ0n) is 12.8. The molecular formula is C16H12Cl2FN3O2. The largest absolute Gasteiger partial charge is 0.454 e. The van der Waals surface area contributed by atoms with Crippen LogP contribution >= 0.6 is 23.2 Å². The smallest absolute Gasteiger partial charge is 0.344 e. The van der Waals surface area contributed by atoms with Gasteiger partial charge in [-0.05, 0) is 32.0 Å². The van der Waals surface area contributed by atoms with Gasteiger partial charge in [-0.3, -0.25) is 0 Å². The molecule has 24 heavy (non-hydrogen) atoms. The molecule has 1 unspecified atom stereocenters. The van der Waals surface area contributed by atoms with Crippen molar-refractivity contribution in [1.82, 2.24) is 14.6 Å². The summed E-state index contributed by atoms with van der Waals surface area (Å²) < 4.78 is 20.6. The maximum absolute atomic E-state index is 13.6. The number of carbonyl (C=O) groups excluding carboxylic acids is 1. The van der Waals surface area contributed by atoms with Gasteiger partial charge in [-0.2, -0.15) is 5.10 Å². The van der Waals surface area contributed by atoms with E-state index >= 15 is 0 Å². The molecule has 0 amide bonds. The van der Waals surface area contributed by atoms with Crippen molar-refractivity contribution in [3.63, 3.8) is 0 Å². The van der Waals surface area contributed by atoms with E-state index in [0.717, 1.165) is 6.07 Å². The second-order valence-electron chi connectivity index (χ2n) is 5.15. The Balaban J connectivity index is 1.95. The highest BCUT2D eigenvalue weighted by atomic mass is 35.5. The van der Waals surface area contributed by atoms with Gasteiger partial charge in [0.25, 0.3) is 0 Å². The van der Waals surface area contributed by atoms with E-state index in [4.69, 9.17) is 27.9 Å². The van der Waals surface area contributed by atoms with Gasteiger partial charge in [-0.25, -0.2) is 18.7 Å². The molecule has 2 aromatic heterocycles. The number of rotatable bonds is 3. The van der Waals surface area contributed by atoms with Crippen LogP contribution in [0, 0.1) is 12.7 Å². The number of halogens is 3. The number of carbonyl (C=O) groups is 1. The molecule has 0 aliphatic heterocycles. The molecule has 0 N–H and O–H groups in total. The van der Waals surface area contributed by atoms with E-state index in [1.54, 1.807) is 32.3 Å². The van der Waals surface area contributed by atoms with E-state index in [0.29, 0.717) is 11.3 Å². The van der Waals surface area contributed by atoms with Crippen LogP contribution in [0.25, 0.3) is 5.65 Å². The van der Waals surface area contributed by atoms with Crippen molar-refractivity contribution in [2.24, 2.45) is 0 Å². The molecule has 1 aromatic carbocycles. The highest BCUT2D eigenvalue weighted by Crippen LogP contribution is 2.34. The van der Waals surface area contributed by atoms with Crippen LogP contribution in [0.2, 0.25) is 10.0 Å². The minimum absolute atomic E-state index is 0.169. The van der Waals surface area contributed by atoms with E-state index in [2.05, 4.69) is 10.1 Å². The normalized spacial score (nSPS) is 12.4. The molecule has 8 heteroatoms. The predicted octanol–water partition coefficient (Wildman–Crippen LogP) is 4.40. The average Bonchev–Trinajstić information content (AvgIpc) is 2.87. The van der Waals surface area contributed by atoms with Crippen molar-refractivity contribution in [3.05, 3.63) is 63.3 Å². The van der Waals surface area contributed by atoms with Crippen molar-refractivity contribution in [3.8, 4) is 0 Å². The Morgan fingerprint density at radius 1 is 1.38 bits per heavy atom. The van der Waals surface area contributed by atoms with Crippen LogP contribution in [0.5, 0.6) is 0 Å². The predicted molar refractivity (Wildman–Crippen MR) is 88.0 cm³/mol. The van der Waals surface area contributed by atoms with Gasteiger partial charge in [0.1, 0.15) is 17.5 Å². The van der Waals surface area contributed by atoms with Gasteiger partial charge in [0.2, 0.25) is 0 Å². The van der Waals surface area contributed by atoms with Crippen molar-refractivity contribution < 1.29 is 13.9 Å². The quantitative estimate of drug-likeness (QED) is 0.508. The number of nitrogens with zero attached hydrogens (tertiary/aromatic N) is 3. The second kappa shape index (κ2) is 6.37. The first-order valence-electron chi connectivity index (χ1n) is 7.04. The standard InChI is InChI=1S/C16H12Cl2FN3O2/c1-8-12(15-20-6-3-7-22(15)21-8)16(23)24-9(2)13-10(17)4-5-11(19)14(13)18/h3-7,9H,1-2H3. The number of aryl methyl sites for hydroxylation is 1. The van der Waals surface area contributed by atoms with E-state index in [9.17, 15) is 9.18 Å². The molecule has 0 aliphatic rings. The first kappa shape index (κ1) is 16.7. The summed E-state index contributed by atoms with van der Waals surface area (Å²) in [4.78, 5) is 16.7. The number of fused-ring (bicyclic) bond motifs is 1. The molecule has 2 heterocycles. The summed E-state index contributed by atoms with van der Waals surface area (Å²) in [5.41, 5.74) is 1.31. The van der Waals surface area contributed by atoms with Crippen LogP contribution in [0.4, 0.5) is 4.39 Å². The number of benzene rings is 1. The lowest BCUT2D eigenvalue weighted by Crippen LogP contribution is -2.11. The maximum atomic E-state index is 13.6. The number of hydrogen-bond acceptors (Lipinski definition) is 4. The van der Waals surface area contributed by atoms with Crippen LogP contribution in [0.1, 0.15) is 34.6 Å². The minimum atomic E-state index is -0.841. The lowest BCUT2D eigenvalue weighted by molar-refractivity contribution is 0.0339. The molecule has 1 atom stereocenters. The summed E-state index contributed by atoms with van der Waals surface area (Å²) in [6, 6.07) is 4.22. The summed E-state index contributed by atoms with van der Waals surface area (Å²) in [7, 11) is 0. The molecule has 0 radical (unpaired) electrons. The summed E-state index contributed by atoms with van der Waals surface area (Å²) >= 11 is 12.0. The van der Waals surface area contributed by atoms with Crippen molar-refractivity contribution in [2.45, 2.75) is 20.0 Å². The Morgan fingerprint density at radius 3 is 2.88 bits per heavy atom. The lowest BCUT2D eigenvalue weighted by atomic mass is 10.1. The van der Waals surface area contributed by atoms with Gasteiger partial charge < -0.3 is 4.74 Å². The monoisotopic (exact) mass is 367 g/mol. The third kappa shape index (κ3) is 2.83. The second-order valence-corrected chi connectivity index (χ2v) is 5.94. The summed E-state index contributed by atoms with van der Waals surface area (Å²) in [5.74, 6) is -1.27. The van der Waals surface area contributed by atoms with Crippen molar-refractivity contribution >= 4 is 34.8 Å². The Morgan fingerprint density at radius 2 is 2.12 bits per heavy atom. The highest BCUT2D eigenvalue weighted by Gasteiger charge is 2.25. The highest BCUT2D eigenvalue weighted by molar-refractivity contribution is 6.36. The van der Waals surface area contributed by atoms with Gasteiger partial charge in [0.15, 0.2) is 5.65 Å². The first-order chi connectivity index (χ1) is 11.4. The van der Waals surface area contributed by atoms with Crippen LogP contribution in [0.15, 0.2) is 30.6 Å². The molecule has 124 valence electrons. The van der Waals surface area contributed by atoms with Gasteiger partial charge in [-0.1, -0.05) is 23.2 Å². The van der Waals surface area contributed by atoms with Crippen LogP contribution in [-0.2, 0) is 4.74 Å². The van der Waals surface area contributed by atoms with Crippen LogP contribution in [-0.4, -0.2) is 20.6 Å². The maximum Gasteiger partial charge on any atom is 0.344 e. The van der Waals surface area contributed by atoms with Gasteiger partial charge in [0.05, 0.1) is 10.7 Å². The summed E-state index contributed by atoms with van der Waals surface area (Å²) in [5, 5.41) is 4.25. The van der Waals surface area contributed by atoms with Crippen molar-refractivity contribution in [1.29, 1.82) is 0 Å². The fourth-order valence-corrected chi connectivity index (χ4v) is 3.11. The summed E-state index contributed by atoms with van der Waals surface area (Å²) in [6.45, 7) is 3.25. The molecule has 0 aliphatic carbocycles. The van der Waals surface area contributed by atoms with Crippen LogP contribution < -0.4 is 0 Å². The number of hydrogen-bond donors (Lipinski definition) is 0. The summed E-state index contributed by atoms with van der Waals surface area (Å²) in [6.07, 6.45) is 2.39. The molecule has 0 fully saturated rings. The molecule has 0 spiro atoms. The fourth-order valence-electron chi connectivity index (χ4n) is 2.43. The molecule has 5 nitrogen and oxygen atoms in total. The van der Waals surface area contributed by atoms with E-state index in [1.807, 2.05) is 0 Å². The SMILES string of the molecule is Cc1nn2cccnc2c1C(=O)OC(C)c1c(Cl)ccc(F)c1Cl. The number of ether oxygens (including phenoxy) is 1. The van der Waals surface area contributed by atoms with E-state index in [1.165, 1.54) is 10.6 Å².